The van der Waals surface area contributed by atoms with Crippen LogP contribution in [0.1, 0.15) is 11.1 Å². The van der Waals surface area contributed by atoms with Crippen molar-refractivity contribution in [3.63, 3.8) is 0 Å². The third-order valence-electron chi connectivity index (χ3n) is 3.28. The lowest BCUT2D eigenvalue weighted by Crippen LogP contribution is -2.33. The summed E-state index contributed by atoms with van der Waals surface area (Å²) in [6, 6.07) is 11.6. The first-order chi connectivity index (χ1) is 10.8. The predicted octanol–water partition coefficient (Wildman–Crippen LogP) is 2.87. The lowest BCUT2D eigenvalue weighted by molar-refractivity contribution is -0.115. The van der Waals surface area contributed by atoms with Crippen molar-refractivity contribution < 1.29 is 13.2 Å². The second-order valence-corrected chi connectivity index (χ2v) is 7.27. The van der Waals surface area contributed by atoms with Gasteiger partial charge in [0.05, 0.1) is 11.4 Å². The molecular weight excluding hydrogens is 336 g/mol. The molecule has 0 fully saturated rings. The van der Waals surface area contributed by atoms with Gasteiger partial charge in [-0.25, -0.2) is 13.1 Å². The standard InChI is InChI=1S/C16H17ClN2O3S/c1-11-5-3-4-6-15(11)19-16(20)10-18-23(21,22)13-7-8-14(17)12(2)9-13/h3-9,18H,10H2,1-2H3,(H,19,20). The van der Waals surface area contributed by atoms with Crippen molar-refractivity contribution in [1.82, 2.24) is 4.72 Å². The van der Waals surface area contributed by atoms with Gasteiger partial charge < -0.3 is 5.32 Å². The number of amides is 1. The number of hydrogen-bond acceptors (Lipinski definition) is 3. The van der Waals surface area contributed by atoms with Crippen LogP contribution in [0.4, 0.5) is 5.69 Å². The van der Waals surface area contributed by atoms with E-state index in [1.807, 2.05) is 19.1 Å². The van der Waals surface area contributed by atoms with Crippen molar-refractivity contribution in [3.8, 4) is 0 Å². The number of aryl methyl sites for hydroxylation is 2. The Morgan fingerprint density at radius 3 is 2.43 bits per heavy atom. The van der Waals surface area contributed by atoms with Gasteiger partial charge in [0.25, 0.3) is 0 Å². The maximum absolute atomic E-state index is 12.2. The first-order valence-corrected chi connectivity index (χ1v) is 8.77. The van der Waals surface area contributed by atoms with Crippen LogP contribution < -0.4 is 10.0 Å². The molecule has 0 heterocycles. The van der Waals surface area contributed by atoms with Gasteiger partial charge in [-0.05, 0) is 49.2 Å². The van der Waals surface area contributed by atoms with Crippen molar-refractivity contribution >= 4 is 33.2 Å². The molecule has 0 unspecified atom stereocenters. The highest BCUT2D eigenvalue weighted by molar-refractivity contribution is 7.89. The van der Waals surface area contributed by atoms with Crippen LogP contribution >= 0.6 is 11.6 Å². The molecule has 0 aromatic heterocycles. The number of nitrogens with one attached hydrogen (secondary N) is 2. The summed E-state index contributed by atoms with van der Waals surface area (Å²) < 4.78 is 26.6. The van der Waals surface area contributed by atoms with Gasteiger partial charge in [0.2, 0.25) is 15.9 Å². The van der Waals surface area contributed by atoms with Crippen LogP contribution in [0.15, 0.2) is 47.4 Å². The molecule has 2 aromatic carbocycles. The van der Waals surface area contributed by atoms with Crippen molar-refractivity contribution in [2.75, 3.05) is 11.9 Å². The normalized spacial score (nSPS) is 11.3. The molecule has 7 heteroatoms. The lowest BCUT2D eigenvalue weighted by Gasteiger charge is -2.10. The van der Waals surface area contributed by atoms with Gasteiger partial charge in [-0.3, -0.25) is 4.79 Å². The van der Waals surface area contributed by atoms with Crippen LogP contribution in [0.2, 0.25) is 5.02 Å². The number of benzene rings is 2. The van der Waals surface area contributed by atoms with Crippen LogP contribution in [0.3, 0.4) is 0 Å². The predicted molar refractivity (Wildman–Crippen MR) is 91.2 cm³/mol. The van der Waals surface area contributed by atoms with Crippen LogP contribution in [0.5, 0.6) is 0 Å². The molecule has 5 nitrogen and oxygen atoms in total. The Morgan fingerprint density at radius 2 is 1.78 bits per heavy atom. The van der Waals surface area contributed by atoms with Gasteiger partial charge in [0.1, 0.15) is 0 Å². The lowest BCUT2D eigenvalue weighted by atomic mass is 10.2. The number of hydrogen-bond donors (Lipinski definition) is 2. The highest BCUT2D eigenvalue weighted by Gasteiger charge is 2.16. The summed E-state index contributed by atoms with van der Waals surface area (Å²) in [4.78, 5) is 12.0. The zero-order valence-electron chi connectivity index (χ0n) is 12.8. The minimum atomic E-state index is -3.77. The fraction of sp³-hybridized carbons (Fsp3) is 0.188. The summed E-state index contributed by atoms with van der Waals surface area (Å²) in [5, 5.41) is 3.16. The second-order valence-electron chi connectivity index (χ2n) is 5.10. The Labute approximate surface area is 140 Å². The van der Waals surface area contributed by atoms with Gasteiger partial charge in [-0.1, -0.05) is 29.8 Å². The molecule has 0 aliphatic rings. The number of para-hydroxylation sites is 1. The Hall–Kier alpha value is -1.89. The number of carbonyl (C=O) groups excluding carboxylic acids is 1. The smallest absolute Gasteiger partial charge is 0.241 e. The second kappa shape index (κ2) is 7.12. The molecule has 0 bridgehead atoms. The van der Waals surface area contributed by atoms with Gasteiger partial charge in [0.15, 0.2) is 0 Å². The van der Waals surface area contributed by atoms with E-state index in [-0.39, 0.29) is 11.4 Å². The number of halogens is 1. The van der Waals surface area contributed by atoms with Crippen molar-refractivity contribution in [3.05, 3.63) is 58.6 Å². The molecule has 23 heavy (non-hydrogen) atoms. The van der Waals surface area contributed by atoms with E-state index in [1.54, 1.807) is 19.1 Å². The van der Waals surface area contributed by atoms with Crippen LogP contribution in [0.25, 0.3) is 0 Å². The van der Waals surface area contributed by atoms with Crippen LogP contribution in [-0.2, 0) is 14.8 Å². The molecule has 1 amide bonds. The minimum absolute atomic E-state index is 0.0723. The highest BCUT2D eigenvalue weighted by atomic mass is 35.5. The van der Waals surface area contributed by atoms with E-state index in [1.165, 1.54) is 18.2 Å². The van der Waals surface area contributed by atoms with Crippen molar-refractivity contribution in [1.29, 1.82) is 0 Å². The average Bonchev–Trinajstić information content (AvgIpc) is 2.50. The van der Waals surface area contributed by atoms with Crippen LogP contribution in [-0.4, -0.2) is 20.9 Å². The molecular formula is C16H17ClN2O3S. The fourth-order valence-corrected chi connectivity index (χ4v) is 3.12. The molecule has 0 atom stereocenters. The first kappa shape index (κ1) is 17.5. The molecule has 122 valence electrons. The highest BCUT2D eigenvalue weighted by Crippen LogP contribution is 2.19. The molecule has 0 saturated carbocycles. The number of rotatable bonds is 5. The molecule has 2 N–H and O–H groups in total. The SMILES string of the molecule is Cc1cc(S(=O)(=O)NCC(=O)Nc2ccccc2C)ccc1Cl. The van der Waals surface area contributed by atoms with Gasteiger partial charge in [0, 0.05) is 10.7 Å². The number of anilines is 1. The maximum Gasteiger partial charge on any atom is 0.241 e. The van der Waals surface area contributed by atoms with Gasteiger partial charge in [-0.15, -0.1) is 0 Å². The summed E-state index contributed by atoms with van der Waals surface area (Å²) in [7, 11) is -3.77. The van der Waals surface area contributed by atoms with Gasteiger partial charge in [-0.2, -0.15) is 0 Å². The molecule has 2 aromatic rings. The first-order valence-electron chi connectivity index (χ1n) is 6.91. The summed E-state index contributed by atoms with van der Waals surface area (Å²) in [6.45, 7) is 3.22. The van der Waals surface area contributed by atoms with E-state index in [0.29, 0.717) is 16.3 Å². The summed E-state index contributed by atoms with van der Waals surface area (Å²) in [6.07, 6.45) is 0. The van der Waals surface area contributed by atoms with Gasteiger partial charge >= 0.3 is 0 Å². The number of sulfonamides is 1. The third kappa shape index (κ3) is 4.54. The minimum Gasteiger partial charge on any atom is -0.325 e. The number of carbonyl (C=O) groups is 1. The van der Waals surface area contributed by atoms with E-state index in [2.05, 4.69) is 10.0 Å². The molecule has 0 aliphatic heterocycles. The zero-order valence-corrected chi connectivity index (χ0v) is 14.3. The maximum atomic E-state index is 12.2. The van der Waals surface area contributed by atoms with E-state index in [9.17, 15) is 13.2 Å². The van der Waals surface area contributed by atoms with E-state index in [4.69, 9.17) is 11.6 Å². The molecule has 2 rings (SSSR count). The topological polar surface area (TPSA) is 75.3 Å². The molecule has 0 aliphatic carbocycles. The van der Waals surface area contributed by atoms with E-state index in [0.717, 1.165) is 5.56 Å². The van der Waals surface area contributed by atoms with Crippen molar-refractivity contribution in [2.45, 2.75) is 18.7 Å². The monoisotopic (exact) mass is 352 g/mol. The Balaban J connectivity index is 2.03. The Kier molecular flexibility index (Phi) is 5.41. The summed E-state index contributed by atoms with van der Waals surface area (Å²) >= 11 is 5.88. The van der Waals surface area contributed by atoms with E-state index < -0.39 is 15.9 Å². The molecule has 0 spiro atoms. The Morgan fingerprint density at radius 1 is 1.09 bits per heavy atom. The largest absolute Gasteiger partial charge is 0.325 e. The average molecular weight is 353 g/mol. The fourth-order valence-electron chi connectivity index (χ4n) is 1.94. The van der Waals surface area contributed by atoms with Crippen LogP contribution in [0, 0.1) is 13.8 Å². The molecule has 0 saturated heterocycles. The summed E-state index contributed by atoms with van der Waals surface area (Å²) in [5.41, 5.74) is 2.20. The summed E-state index contributed by atoms with van der Waals surface area (Å²) in [5.74, 6) is -0.437. The van der Waals surface area contributed by atoms with E-state index >= 15 is 0 Å². The Bertz CT molecular complexity index is 835. The third-order valence-corrected chi connectivity index (χ3v) is 5.10. The molecule has 0 radical (unpaired) electrons. The van der Waals surface area contributed by atoms with Crippen molar-refractivity contribution in [2.24, 2.45) is 0 Å². The quantitative estimate of drug-likeness (QED) is 0.868. The zero-order chi connectivity index (χ0) is 17.0.